The lowest BCUT2D eigenvalue weighted by Gasteiger charge is -2.05. The predicted molar refractivity (Wildman–Crippen MR) is 53.6 cm³/mol. The van der Waals surface area contributed by atoms with Crippen LogP contribution < -0.4 is 0 Å². The van der Waals surface area contributed by atoms with Gasteiger partial charge in [-0.15, -0.1) is 0 Å². The fourth-order valence-electron chi connectivity index (χ4n) is 1.08. The summed E-state index contributed by atoms with van der Waals surface area (Å²) >= 11 is 3.95. The normalized spacial score (nSPS) is 12.8. The Morgan fingerprint density at radius 1 is 1.38 bits per heavy atom. The lowest BCUT2D eigenvalue weighted by Crippen LogP contribution is -1.97. The van der Waals surface area contributed by atoms with E-state index in [0.717, 1.165) is 5.56 Å². The maximum absolute atomic E-state index is 10.2. The summed E-state index contributed by atoms with van der Waals surface area (Å²) in [6.45, 7) is 0. The largest absolute Gasteiger partial charge is 0.772 e. The average molecular weight is 218 g/mol. The van der Waals surface area contributed by atoms with Crippen LogP contribution in [0.3, 0.4) is 0 Å². The van der Waals surface area contributed by atoms with E-state index < -0.39 is 11.1 Å². The van der Waals surface area contributed by atoms with Crippen LogP contribution in [-0.4, -0.2) is 14.5 Å². The highest BCUT2D eigenvalue weighted by atomic mass is 35.5. The standard InChI is InChI=1S/C9H11ClO2S/c10-9-6-2-1-4-8(9)5-3-7-13(11)12/h1-2,4,6H,3,5,7H2,(H,11,12)/p-1. The topological polar surface area (TPSA) is 40.1 Å². The summed E-state index contributed by atoms with van der Waals surface area (Å²) in [5, 5.41) is 0.708. The maximum Gasteiger partial charge on any atom is 0.0437 e. The molecule has 1 unspecified atom stereocenters. The molecule has 0 saturated heterocycles. The van der Waals surface area contributed by atoms with E-state index in [9.17, 15) is 8.76 Å². The van der Waals surface area contributed by atoms with Gasteiger partial charge in [0.15, 0.2) is 0 Å². The number of aryl methyl sites for hydroxylation is 1. The van der Waals surface area contributed by atoms with E-state index in [4.69, 9.17) is 11.6 Å². The molecule has 0 fully saturated rings. The van der Waals surface area contributed by atoms with Gasteiger partial charge in [-0.2, -0.15) is 0 Å². The predicted octanol–water partition coefficient (Wildman–Crippen LogP) is 2.15. The van der Waals surface area contributed by atoms with Crippen LogP contribution in [0.1, 0.15) is 12.0 Å². The molecule has 0 spiro atoms. The van der Waals surface area contributed by atoms with E-state index >= 15 is 0 Å². The van der Waals surface area contributed by atoms with Gasteiger partial charge < -0.3 is 4.55 Å². The Morgan fingerprint density at radius 3 is 2.69 bits per heavy atom. The Bertz CT molecular complexity index is 301. The van der Waals surface area contributed by atoms with E-state index in [2.05, 4.69) is 0 Å². The van der Waals surface area contributed by atoms with Gasteiger partial charge in [0.05, 0.1) is 0 Å². The van der Waals surface area contributed by atoms with Gasteiger partial charge in [0, 0.05) is 10.8 Å². The van der Waals surface area contributed by atoms with Crippen LogP contribution in [-0.2, 0) is 17.5 Å². The van der Waals surface area contributed by atoms with Crippen molar-refractivity contribution in [1.82, 2.24) is 0 Å². The van der Waals surface area contributed by atoms with Crippen molar-refractivity contribution in [2.45, 2.75) is 12.8 Å². The molecule has 2 nitrogen and oxygen atoms in total. The highest BCUT2D eigenvalue weighted by molar-refractivity contribution is 7.79. The second-order valence-corrected chi connectivity index (χ2v) is 4.13. The molecule has 1 aromatic carbocycles. The van der Waals surface area contributed by atoms with Crippen LogP contribution in [0.4, 0.5) is 0 Å². The Kier molecular flexibility index (Phi) is 4.42. The summed E-state index contributed by atoms with van der Waals surface area (Å²) in [5.74, 6) is 0.200. The third kappa shape index (κ3) is 3.89. The monoisotopic (exact) mass is 217 g/mol. The van der Waals surface area contributed by atoms with Crippen LogP contribution in [0.25, 0.3) is 0 Å². The van der Waals surface area contributed by atoms with Crippen LogP contribution in [0.5, 0.6) is 0 Å². The van der Waals surface area contributed by atoms with Gasteiger partial charge in [-0.3, -0.25) is 4.21 Å². The van der Waals surface area contributed by atoms with Crippen molar-refractivity contribution >= 4 is 22.7 Å². The van der Waals surface area contributed by atoms with E-state index in [-0.39, 0.29) is 5.75 Å². The Labute approximate surface area is 85.2 Å². The first-order valence-electron chi connectivity index (χ1n) is 3.99. The molecular weight excluding hydrogens is 208 g/mol. The molecule has 0 aliphatic heterocycles. The third-order valence-electron chi connectivity index (χ3n) is 1.71. The van der Waals surface area contributed by atoms with E-state index in [1.807, 2.05) is 24.3 Å². The highest BCUT2D eigenvalue weighted by Crippen LogP contribution is 2.16. The zero-order valence-corrected chi connectivity index (χ0v) is 8.61. The lowest BCUT2D eigenvalue weighted by atomic mass is 10.1. The SMILES string of the molecule is O=S([O-])CCCc1ccccc1Cl. The summed E-state index contributed by atoms with van der Waals surface area (Å²) in [6.07, 6.45) is 1.34. The molecule has 0 aromatic heterocycles. The van der Waals surface area contributed by atoms with Gasteiger partial charge in [0.1, 0.15) is 0 Å². The van der Waals surface area contributed by atoms with Crippen molar-refractivity contribution in [1.29, 1.82) is 0 Å². The van der Waals surface area contributed by atoms with Gasteiger partial charge in [0.2, 0.25) is 0 Å². The molecule has 0 heterocycles. The fourth-order valence-corrected chi connectivity index (χ4v) is 1.69. The summed E-state index contributed by atoms with van der Waals surface area (Å²) < 4.78 is 20.5. The lowest BCUT2D eigenvalue weighted by molar-refractivity contribution is 0.535. The van der Waals surface area contributed by atoms with Crippen LogP contribution in [0.15, 0.2) is 24.3 Å². The van der Waals surface area contributed by atoms with Gasteiger partial charge in [0.25, 0.3) is 0 Å². The van der Waals surface area contributed by atoms with Crippen molar-refractivity contribution < 1.29 is 8.76 Å². The zero-order valence-electron chi connectivity index (χ0n) is 7.03. The van der Waals surface area contributed by atoms with Crippen molar-refractivity contribution in [3.05, 3.63) is 34.9 Å². The molecule has 0 bridgehead atoms. The van der Waals surface area contributed by atoms with Crippen molar-refractivity contribution in [3.63, 3.8) is 0 Å². The number of hydrogen-bond acceptors (Lipinski definition) is 2. The molecule has 0 saturated carbocycles. The highest BCUT2D eigenvalue weighted by Gasteiger charge is 1.97. The first kappa shape index (κ1) is 10.7. The van der Waals surface area contributed by atoms with Gasteiger partial charge in [-0.1, -0.05) is 40.9 Å². The fraction of sp³-hybridized carbons (Fsp3) is 0.333. The molecule has 1 aromatic rings. The van der Waals surface area contributed by atoms with Crippen LogP contribution in [0, 0.1) is 0 Å². The molecule has 0 aliphatic carbocycles. The Balaban J connectivity index is 2.45. The molecule has 0 N–H and O–H groups in total. The van der Waals surface area contributed by atoms with Crippen LogP contribution >= 0.6 is 11.6 Å². The summed E-state index contributed by atoms with van der Waals surface area (Å²) in [6, 6.07) is 7.48. The maximum atomic E-state index is 10.2. The van der Waals surface area contributed by atoms with Crippen molar-refractivity contribution in [3.8, 4) is 0 Å². The number of hydrogen-bond donors (Lipinski definition) is 0. The van der Waals surface area contributed by atoms with E-state index in [1.165, 1.54) is 0 Å². The first-order chi connectivity index (χ1) is 6.20. The summed E-state index contributed by atoms with van der Waals surface area (Å²) in [7, 11) is 0. The minimum Gasteiger partial charge on any atom is -0.772 e. The van der Waals surface area contributed by atoms with Gasteiger partial charge >= 0.3 is 0 Å². The minimum absolute atomic E-state index is 0.200. The summed E-state index contributed by atoms with van der Waals surface area (Å²) in [4.78, 5) is 0. The Morgan fingerprint density at radius 2 is 2.08 bits per heavy atom. The minimum atomic E-state index is -1.94. The molecular formula is C9H10ClO2S-. The van der Waals surface area contributed by atoms with E-state index in [0.29, 0.717) is 17.9 Å². The first-order valence-corrected chi connectivity index (χ1v) is 5.61. The van der Waals surface area contributed by atoms with Crippen molar-refractivity contribution in [2.24, 2.45) is 0 Å². The van der Waals surface area contributed by atoms with Gasteiger partial charge in [-0.05, 0) is 24.5 Å². The quantitative estimate of drug-likeness (QED) is 0.726. The van der Waals surface area contributed by atoms with Gasteiger partial charge in [-0.25, -0.2) is 0 Å². The summed E-state index contributed by atoms with van der Waals surface area (Å²) in [5.41, 5.74) is 1.01. The Hall–Kier alpha value is -0.380. The molecule has 1 atom stereocenters. The molecule has 4 heteroatoms. The van der Waals surface area contributed by atoms with Crippen molar-refractivity contribution in [2.75, 3.05) is 5.75 Å². The number of halogens is 1. The zero-order chi connectivity index (χ0) is 9.68. The number of benzene rings is 1. The third-order valence-corrected chi connectivity index (χ3v) is 2.71. The molecule has 1 rings (SSSR count). The second-order valence-electron chi connectivity index (χ2n) is 2.70. The molecule has 0 aliphatic rings. The molecule has 72 valence electrons. The molecule has 0 amide bonds. The number of rotatable bonds is 4. The second kappa shape index (κ2) is 5.37. The smallest absolute Gasteiger partial charge is 0.0437 e. The molecule has 13 heavy (non-hydrogen) atoms. The van der Waals surface area contributed by atoms with Crippen LogP contribution in [0.2, 0.25) is 5.02 Å². The molecule has 0 radical (unpaired) electrons. The van der Waals surface area contributed by atoms with E-state index in [1.54, 1.807) is 0 Å². The average Bonchev–Trinajstić information content (AvgIpc) is 2.08.